The number of likely N-dealkylation sites (tertiary alicyclic amines) is 1. The number of hydrogen-bond donors (Lipinski definition) is 0. The van der Waals surface area contributed by atoms with E-state index in [1.165, 1.54) is 49.6 Å². The normalized spacial score (nSPS) is 24.2. The minimum Gasteiger partial charge on any atom is -0.497 e. The molecule has 2 aliphatic heterocycles. The van der Waals surface area contributed by atoms with Crippen molar-refractivity contribution in [1.29, 1.82) is 0 Å². The van der Waals surface area contributed by atoms with Crippen molar-refractivity contribution in [2.75, 3.05) is 66.6 Å². The molecule has 2 heterocycles. The van der Waals surface area contributed by atoms with Gasteiger partial charge >= 0.3 is 0 Å². The number of nitrogens with zero attached hydrogens (tertiary/aromatic N) is 3. The van der Waals surface area contributed by atoms with Crippen LogP contribution < -0.4 is 4.74 Å². The first-order chi connectivity index (χ1) is 18.7. The van der Waals surface area contributed by atoms with Gasteiger partial charge in [0, 0.05) is 52.1 Å². The number of carbonyl (C=O) groups excluding carboxylic acids is 1. The zero-order valence-corrected chi connectivity index (χ0v) is 25.3. The molecule has 3 fully saturated rings. The number of benzene rings is 1. The average Bonchev–Trinajstić information content (AvgIpc) is 2.92. The second kappa shape index (κ2) is 13.9. The van der Waals surface area contributed by atoms with Crippen molar-refractivity contribution >= 4 is 15.8 Å². The largest absolute Gasteiger partial charge is 0.497 e. The topological polar surface area (TPSA) is 79.4 Å². The van der Waals surface area contributed by atoms with E-state index in [4.69, 9.17) is 9.47 Å². The highest BCUT2D eigenvalue weighted by Gasteiger charge is 2.31. The van der Waals surface area contributed by atoms with Crippen LogP contribution in [0.2, 0.25) is 0 Å². The van der Waals surface area contributed by atoms with Gasteiger partial charge in [-0.05, 0) is 101 Å². The van der Waals surface area contributed by atoms with E-state index in [2.05, 4.69) is 9.80 Å². The van der Waals surface area contributed by atoms with E-state index in [0.29, 0.717) is 40.2 Å². The van der Waals surface area contributed by atoms with Crippen LogP contribution >= 0.6 is 0 Å². The Kier molecular flexibility index (Phi) is 10.8. The van der Waals surface area contributed by atoms with Crippen molar-refractivity contribution in [2.24, 2.45) is 11.8 Å². The fraction of sp³-hybridized carbons (Fsp3) is 0.767. The number of ether oxygens (including phenoxy) is 2. The summed E-state index contributed by atoms with van der Waals surface area (Å²) in [5, 5.41) is 0. The summed E-state index contributed by atoms with van der Waals surface area (Å²) in [5.41, 5.74) is 1.31. The Hall–Kier alpha value is -1.52. The van der Waals surface area contributed by atoms with Crippen LogP contribution in [0.3, 0.4) is 0 Å². The number of rotatable bonds is 11. The van der Waals surface area contributed by atoms with Crippen LogP contribution in [0.5, 0.6) is 5.75 Å². The minimum absolute atomic E-state index is 0.174. The van der Waals surface area contributed by atoms with Gasteiger partial charge in [-0.15, -0.1) is 0 Å². The standard InChI is InChI=1S/C30H49N3O5S/c1-23-19-29(37-4)20-24(2)30(23)39(35,36)31(3)12-11-28(34)21-25-5-7-27(8-6-25)33-13-9-26(10-14-33)22-32-15-17-38-18-16-32/h19-20,25-27H,5-18,21-22H2,1-4H3. The van der Waals surface area contributed by atoms with Gasteiger partial charge in [0.05, 0.1) is 25.2 Å². The molecule has 220 valence electrons. The van der Waals surface area contributed by atoms with E-state index in [-0.39, 0.29) is 18.7 Å². The number of methoxy groups -OCH3 is 1. The molecule has 0 bridgehead atoms. The second-order valence-electron chi connectivity index (χ2n) is 12.0. The number of hydrogen-bond acceptors (Lipinski definition) is 7. The Morgan fingerprint density at radius 2 is 1.59 bits per heavy atom. The Balaban J connectivity index is 1.16. The van der Waals surface area contributed by atoms with Crippen LogP contribution in [-0.4, -0.2) is 101 Å². The monoisotopic (exact) mass is 563 g/mol. The maximum atomic E-state index is 13.2. The number of piperidine rings is 1. The zero-order valence-electron chi connectivity index (χ0n) is 24.5. The van der Waals surface area contributed by atoms with Gasteiger partial charge in [-0.1, -0.05) is 0 Å². The Morgan fingerprint density at radius 3 is 2.18 bits per heavy atom. The molecule has 0 N–H and O–H groups in total. The summed E-state index contributed by atoms with van der Waals surface area (Å²) in [7, 11) is -0.532. The van der Waals surface area contributed by atoms with E-state index in [9.17, 15) is 13.2 Å². The molecule has 8 nitrogen and oxygen atoms in total. The van der Waals surface area contributed by atoms with Gasteiger partial charge in [-0.3, -0.25) is 9.69 Å². The number of morpholine rings is 1. The lowest BCUT2D eigenvalue weighted by Crippen LogP contribution is -2.46. The summed E-state index contributed by atoms with van der Waals surface area (Å²) in [6, 6.07) is 4.14. The predicted molar refractivity (Wildman–Crippen MR) is 154 cm³/mol. The summed E-state index contributed by atoms with van der Waals surface area (Å²) in [6.07, 6.45) is 7.98. The lowest BCUT2D eigenvalue weighted by atomic mass is 9.81. The van der Waals surface area contributed by atoms with Crippen molar-refractivity contribution in [3.05, 3.63) is 23.3 Å². The van der Waals surface area contributed by atoms with E-state index in [0.717, 1.165) is 45.1 Å². The predicted octanol–water partition coefficient (Wildman–Crippen LogP) is 3.88. The smallest absolute Gasteiger partial charge is 0.243 e. The molecule has 1 aliphatic carbocycles. The Bertz CT molecular complexity index is 1030. The number of carbonyl (C=O) groups is 1. The third kappa shape index (κ3) is 8.03. The van der Waals surface area contributed by atoms with Gasteiger partial charge in [-0.25, -0.2) is 12.7 Å². The fourth-order valence-corrected chi connectivity index (χ4v) is 8.36. The SMILES string of the molecule is COc1cc(C)c(S(=O)(=O)N(C)CCC(=O)CC2CCC(N3CCC(CN4CCOCC4)CC3)CC2)c(C)c1. The molecule has 4 rings (SSSR count). The van der Waals surface area contributed by atoms with E-state index < -0.39 is 10.0 Å². The molecule has 1 aromatic carbocycles. The van der Waals surface area contributed by atoms with Crippen LogP contribution in [0, 0.1) is 25.7 Å². The van der Waals surface area contributed by atoms with Gasteiger partial charge in [0.25, 0.3) is 0 Å². The summed E-state index contributed by atoms with van der Waals surface area (Å²) in [5.74, 6) is 2.06. The minimum atomic E-state index is -3.67. The highest BCUT2D eigenvalue weighted by Crippen LogP contribution is 2.33. The molecule has 2 saturated heterocycles. The molecule has 0 unspecified atom stereocenters. The number of aryl methyl sites for hydroxylation is 2. The van der Waals surface area contributed by atoms with Gasteiger partial charge in [-0.2, -0.15) is 0 Å². The Labute approximate surface area is 236 Å². The highest BCUT2D eigenvalue weighted by atomic mass is 32.2. The van der Waals surface area contributed by atoms with Gasteiger partial charge < -0.3 is 14.4 Å². The van der Waals surface area contributed by atoms with Crippen molar-refractivity contribution in [1.82, 2.24) is 14.1 Å². The summed E-state index contributed by atoms with van der Waals surface area (Å²) in [4.78, 5) is 18.4. The number of Topliss-reactive ketones (excluding diaryl/α,β-unsaturated/α-hetero) is 1. The second-order valence-corrected chi connectivity index (χ2v) is 14.0. The summed E-state index contributed by atoms with van der Waals surface area (Å²) < 4.78 is 38.6. The molecule has 0 aromatic heterocycles. The first kappa shape index (κ1) is 30.4. The Morgan fingerprint density at radius 1 is 0.974 bits per heavy atom. The zero-order chi connectivity index (χ0) is 28.0. The van der Waals surface area contributed by atoms with Crippen molar-refractivity contribution in [2.45, 2.75) is 76.2 Å². The molecule has 3 aliphatic rings. The highest BCUT2D eigenvalue weighted by molar-refractivity contribution is 7.89. The average molecular weight is 564 g/mol. The van der Waals surface area contributed by atoms with Gasteiger partial charge in [0.15, 0.2) is 0 Å². The third-order valence-corrected chi connectivity index (χ3v) is 11.3. The fourth-order valence-electron chi connectivity index (χ4n) is 6.78. The summed E-state index contributed by atoms with van der Waals surface area (Å²) >= 11 is 0. The molecular formula is C30H49N3O5S. The third-order valence-electron chi connectivity index (χ3n) is 9.16. The lowest BCUT2D eigenvalue weighted by molar-refractivity contribution is -0.120. The first-order valence-corrected chi connectivity index (χ1v) is 16.3. The van der Waals surface area contributed by atoms with Crippen LogP contribution in [0.15, 0.2) is 17.0 Å². The van der Waals surface area contributed by atoms with Crippen LogP contribution in [-0.2, 0) is 19.6 Å². The van der Waals surface area contributed by atoms with E-state index >= 15 is 0 Å². The van der Waals surface area contributed by atoms with E-state index in [1.807, 2.05) is 0 Å². The first-order valence-electron chi connectivity index (χ1n) is 14.8. The molecule has 0 atom stereocenters. The van der Waals surface area contributed by atoms with Crippen molar-refractivity contribution in [3.63, 3.8) is 0 Å². The molecule has 0 amide bonds. The molecule has 1 saturated carbocycles. The van der Waals surface area contributed by atoms with E-state index in [1.54, 1.807) is 40.1 Å². The van der Waals surface area contributed by atoms with Crippen LogP contribution in [0.4, 0.5) is 0 Å². The van der Waals surface area contributed by atoms with Gasteiger partial charge in [0.2, 0.25) is 10.0 Å². The van der Waals surface area contributed by atoms with Crippen molar-refractivity contribution < 1.29 is 22.7 Å². The number of sulfonamides is 1. The lowest BCUT2D eigenvalue weighted by Gasteiger charge is -2.42. The molecular weight excluding hydrogens is 514 g/mol. The maximum Gasteiger partial charge on any atom is 0.243 e. The van der Waals surface area contributed by atoms with Crippen molar-refractivity contribution in [3.8, 4) is 5.75 Å². The maximum absolute atomic E-state index is 13.2. The molecule has 39 heavy (non-hydrogen) atoms. The molecule has 0 radical (unpaired) electrons. The molecule has 1 aromatic rings. The van der Waals surface area contributed by atoms with Crippen LogP contribution in [0.25, 0.3) is 0 Å². The number of ketones is 1. The molecule has 9 heteroatoms. The van der Waals surface area contributed by atoms with Gasteiger partial charge in [0.1, 0.15) is 11.5 Å². The molecule has 0 spiro atoms. The summed E-state index contributed by atoms with van der Waals surface area (Å²) in [6.45, 7) is 11.3. The van der Waals surface area contributed by atoms with Crippen LogP contribution in [0.1, 0.15) is 62.5 Å². The quantitative estimate of drug-likeness (QED) is 0.404.